The summed E-state index contributed by atoms with van der Waals surface area (Å²) in [6.07, 6.45) is 0.659. The van der Waals surface area contributed by atoms with Gasteiger partial charge in [0.1, 0.15) is 11.5 Å². The van der Waals surface area contributed by atoms with E-state index in [1.165, 1.54) is 22.4 Å². The molecule has 3 aliphatic rings. The largest absolute Gasteiger partial charge is 0.380 e. The molecule has 0 aliphatic carbocycles. The van der Waals surface area contributed by atoms with E-state index in [1.54, 1.807) is 24.3 Å². The maximum Gasteiger partial charge on any atom is 0.282 e. The van der Waals surface area contributed by atoms with Gasteiger partial charge in [-0.05, 0) is 66.6 Å². The van der Waals surface area contributed by atoms with Crippen LogP contribution in [0.3, 0.4) is 0 Å². The van der Waals surface area contributed by atoms with Gasteiger partial charge < -0.3 is 59.4 Å². The molecule has 20 nitrogen and oxygen atoms in total. The molecule has 3 aromatic carbocycles. The molecule has 0 saturated carbocycles. The molecule has 22 heteroatoms. The summed E-state index contributed by atoms with van der Waals surface area (Å²) in [5.41, 5.74) is 5.26. The van der Waals surface area contributed by atoms with Crippen molar-refractivity contribution in [3.05, 3.63) is 82.8 Å². The molecular weight excluding hydrogens is 865 g/mol. The first kappa shape index (κ1) is 47.1. The van der Waals surface area contributed by atoms with Gasteiger partial charge in [0.2, 0.25) is 12.0 Å². The second-order valence-corrected chi connectivity index (χ2v) is 15.1. The molecule has 4 aromatic rings. The number of aliphatic hydroxyl groups is 1. The van der Waals surface area contributed by atoms with Gasteiger partial charge in [-0.1, -0.05) is 23.3 Å². The molecule has 0 spiro atoms. The van der Waals surface area contributed by atoms with Gasteiger partial charge in [-0.25, -0.2) is 9.23 Å². The summed E-state index contributed by atoms with van der Waals surface area (Å²) in [4.78, 5) is 56.5. The number of halogens is 2. The quantitative estimate of drug-likeness (QED) is 0.0525. The summed E-state index contributed by atoms with van der Waals surface area (Å²) in [7, 11) is 0. The molecular formula is C42H53ClFN7O13. The van der Waals surface area contributed by atoms with Crippen molar-refractivity contribution in [2.75, 3.05) is 103 Å². The van der Waals surface area contributed by atoms with Crippen LogP contribution in [0.5, 0.6) is 11.5 Å². The van der Waals surface area contributed by atoms with Crippen LogP contribution in [-0.4, -0.2) is 131 Å². The molecule has 2 amide bonds. The summed E-state index contributed by atoms with van der Waals surface area (Å²) in [6.45, 7) is 5.80. The fraction of sp³-hybridized carbons (Fsp3) is 0.476. The van der Waals surface area contributed by atoms with Crippen LogP contribution in [0.1, 0.15) is 35.3 Å². The minimum absolute atomic E-state index is 0.0449. The molecule has 64 heavy (non-hydrogen) atoms. The van der Waals surface area contributed by atoms with E-state index < -0.39 is 23.7 Å². The number of hydroxylamine groups is 3. The molecule has 7 rings (SSSR count). The van der Waals surface area contributed by atoms with Crippen molar-refractivity contribution in [1.29, 1.82) is 0 Å². The average Bonchev–Trinajstić information content (AvgIpc) is 3.94. The number of ether oxygens (including phenoxy) is 5. The third-order valence-electron chi connectivity index (χ3n) is 9.88. The molecule has 1 aromatic heterocycles. The van der Waals surface area contributed by atoms with E-state index in [0.29, 0.717) is 134 Å². The number of H-pyrrole nitrogens is 1. The molecule has 0 bridgehead atoms. The van der Waals surface area contributed by atoms with Gasteiger partial charge in [0.25, 0.3) is 17.6 Å². The molecule has 2 atom stereocenters. The highest BCUT2D eigenvalue weighted by Gasteiger charge is 2.43. The monoisotopic (exact) mass is 917 g/mol. The van der Waals surface area contributed by atoms with Crippen LogP contribution in [-0.2, 0) is 49.5 Å². The smallest absolute Gasteiger partial charge is 0.282 e. The minimum Gasteiger partial charge on any atom is -0.380 e. The number of benzene rings is 3. The Bertz CT molecular complexity index is 2110. The fourth-order valence-electron chi connectivity index (χ4n) is 6.72. The average molecular weight is 918 g/mol. The van der Waals surface area contributed by atoms with Gasteiger partial charge in [-0.15, -0.1) is 0 Å². The zero-order chi connectivity index (χ0) is 44.6. The lowest BCUT2D eigenvalue weighted by Gasteiger charge is -2.38. The topological polar surface area (TPSA) is 217 Å². The summed E-state index contributed by atoms with van der Waals surface area (Å²) in [5.74, 6) is -2.56. The number of aromatic amines is 1. The maximum absolute atomic E-state index is 13.7. The van der Waals surface area contributed by atoms with Crippen LogP contribution < -0.4 is 36.3 Å². The number of rotatable bonds is 25. The van der Waals surface area contributed by atoms with Crippen molar-refractivity contribution in [3.8, 4) is 11.5 Å². The Kier molecular flexibility index (Phi) is 17.6. The number of nitrogens with zero attached hydrogens (tertiary/aromatic N) is 2. The van der Waals surface area contributed by atoms with E-state index in [9.17, 15) is 19.1 Å². The third-order valence-corrected chi connectivity index (χ3v) is 10.1. The number of carbonyl (C=O) groups is 2. The van der Waals surface area contributed by atoms with Gasteiger partial charge in [-0.3, -0.25) is 24.3 Å². The molecule has 2 fully saturated rings. The number of aromatic nitrogens is 1. The van der Waals surface area contributed by atoms with Crippen LogP contribution in [0.2, 0.25) is 5.02 Å². The first-order valence-electron chi connectivity index (χ1n) is 21.0. The van der Waals surface area contributed by atoms with E-state index in [0.717, 1.165) is 22.7 Å². The van der Waals surface area contributed by atoms with Crippen molar-refractivity contribution in [1.82, 2.24) is 26.5 Å². The lowest BCUT2D eigenvalue weighted by atomic mass is 10.1. The zero-order valence-corrected chi connectivity index (χ0v) is 35.8. The van der Waals surface area contributed by atoms with Gasteiger partial charge in [0, 0.05) is 54.9 Å². The van der Waals surface area contributed by atoms with Crippen LogP contribution in [0, 0.1) is 5.82 Å². The van der Waals surface area contributed by atoms with E-state index in [1.807, 2.05) is 18.2 Å². The van der Waals surface area contributed by atoms with Crippen molar-refractivity contribution in [2.45, 2.75) is 37.8 Å². The molecule has 0 radical (unpaired) electrons. The Labute approximate surface area is 373 Å². The predicted molar refractivity (Wildman–Crippen MR) is 227 cm³/mol. The standard InChI is InChI=1S/C42H53ClFN7O13/c43-31-23-29(24-32(44)27-31)28-47-41(53)42(54)8-2-11-50(64-42)33-5-6-34-30(25-33)26-36(48-34)40(52)46-10-14-56-16-18-58-20-22-59-21-19-57-17-15-55-13-9-45-35-3-1-4-37-39(35)63-51(62-37)38-7-12-60-49-61-38/h1,3-6,23-27,38,45,48-49,54H,2,7-22,28H2,(H,46,52)(H,47,53). The van der Waals surface area contributed by atoms with Crippen LogP contribution in [0.15, 0.2) is 60.7 Å². The molecule has 2 saturated heterocycles. The lowest BCUT2D eigenvalue weighted by Crippen LogP contribution is -2.55. The summed E-state index contributed by atoms with van der Waals surface area (Å²) in [6, 6.07) is 16.6. The van der Waals surface area contributed by atoms with E-state index in [2.05, 4.69) is 26.6 Å². The van der Waals surface area contributed by atoms with Gasteiger partial charge in [0.15, 0.2) is 5.75 Å². The number of carbonyl (C=O) groups excluding carboxylic acids is 2. The first-order valence-corrected chi connectivity index (χ1v) is 21.4. The van der Waals surface area contributed by atoms with Crippen molar-refractivity contribution >= 4 is 45.7 Å². The highest BCUT2D eigenvalue weighted by atomic mass is 35.5. The van der Waals surface area contributed by atoms with E-state index >= 15 is 0 Å². The van der Waals surface area contributed by atoms with E-state index in [-0.39, 0.29) is 23.9 Å². The van der Waals surface area contributed by atoms with Gasteiger partial charge >= 0.3 is 0 Å². The first-order chi connectivity index (χ1) is 31.2. The normalized spacial score (nSPS) is 18.7. The predicted octanol–water partition coefficient (Wildman–Crippen LogP) is 3.51. The fourth-order valence-corrected chi connectivity index (χ4v) is 6.96. The third kappa shape index (κ3) is 13.6. The second-order valence-electron chi connectivity index (χ2n) is 14.6. The van der Waals surface area contributed by atoms with Gasteiger partial charge in [0.05, 0.1) is 89.3 Å². The number of amides is 2. The van der Waals surface area contributed by atoms with Crippen molar-refractivity contribution < 1.29 is 67.0 Å². The van der Waals surface area contributed by atoms with Crippen molar-refractivity contribution in [2.24, 2.45) is 0 Å². The zero-order valence-electron chi connectivity index (χ0n) is 35.1. The second kappa shape index (κ2) is 23.9. The number of anilines is 2. The maximum atomic E-state index is 13.7. The number of nitrogens with one attached hydrogen (secondary N) is 5. The highest BCUT2D eigenvalue weighted by Crippen LogP contribution is 2.41. The Hall–Kier alpha value is -4.88. The Morgan fingerprint density at radius 2 is 1.61 bits per heavy atom. The minimum atomic E-state index is -2.13. The number of hydrogen-bond donors (Lipinski definition) is 6. The van der Waals surface area contributed by atoms with Crippen molar-refractivity contribution in [3.63, 3.8) is 0 Å². The molecule has 2 unspecified atom stereocenters. The Morgan fingerprint density at radius 3 is 2.33 bits per heavy atom. The van der Waals surface area contributed by atoms with Crippen LogP contribution in [0.25, 0.3) is 10.9 Å². The summed E-state index contributed by atoms with van der Waals surface area (Å²) in [5, 5.41) is 23.5. The lowest BCUT2D eigenvalue weighted by molar-refractivity contribution is -0.376. The molecule has 3 aliphatic heterocycles. The number of para-hydroxylation sites is 1. The Balaban J connectivity index is 0.673. The Morgan fingerprint density at radius 1 is 0.875 bits per heavy atom. The summed E-state index contributed by atoms with van der Waals surface area (Å²) >= 11 is 5.91. The van der Waals surface area contributed by atoms with Gasteiger partial charge in [-0.2, -0.15) is 0 Å². The van der Waals surface area contributed by atoms with Crippen LogP contribution >= 0.6 is 11.6 Å². The molecule has 4 heterocycles. The van der Waals surface area contributed by atoms with Crippen LogP contribution in [0.4, 0.5) is 15.8 Å². The highest BCUT2D eigenvalue weighted by molar-refractivity contribution is 6.30. The molecule has 6 N–H and O–H groups in total. The van der Waals surface area contributed by atoms with E-state index in [4.69, 9.17) is 59.5 Å². The summed E-state index contributed by atoms with van der Waals surface area (Å²) < 4.78 is 41.6. The molecule has 348 valence electrons. The number of hydrogen-bond acceptors (Lipinski definition) is 17. The number of fused-ring (bicyclic) bond motifs is 2. The SMILES string of the molecule is O=C(NCCOCCOCCOCCOCCOCCNc1cccc2c1ON(C1CCONO1)O2)c1cc2cc(N3CCCC(O)(C(=O)NCc4cc(F)cc(Cl)c4)O3)ccc2[nH]1.